The van der Waals surface area contributed by atoms with Gasteiger partial charge in [-0.05, 0) is 41.3 Å². The van der Waals surface area contributed by atoms with Crippen molar-refractivity contribution in [1.29, 1.82) is 0 Å². The van der Waals surface area contributed by atoms with Crippen LogP contribution in [-0.2, 0) is 16.6 Å². The van der Waals surface area contributed by atoms with E-state index in [2.05, 4.69) is 12.2 Å². The Hall–Kier alpha value is -2.54. The van der Waals surface area contributed by atoms with Crippen LogP contribution in [0.5, 0.6) is 0 Å². The van der Waals surface area contributed by atoms with Gasteiger partial charge in [-0.2, -0.15) is 0 Å². The second-order valence-electron chi connectivity index (χ2n) is 7.56. The number of carbonyl (C=O) groups is 1. The number of sulfonamides is 1. The molecular formula is C24H24Cl2N2O3S. The number of anilines is 1. The van der Waals surface area contributed by atoms with Gasteiger partial charge in [0.1, 0.15) is 0 Å². The molecule has 0 aliphatic rings. The van der Waals surface area contributed by atoms with Gasteiger partial charge in [-0.1, -0.05) is 78.7 Å². The fourth-order valence-electron chi connectivity index (χ4n) is 3.24. The molecule has 1 unspecified atom stereocenters. The zero-order chi connectivity index (χ0) is 23.3. The van der Waals surface area contributed by atoms with Gasteiger partial charge in [0.2, 0.25) is 10.0 Å². The highest BCUT2D eigenvalue weighted by atomic mass is 35.5. The van der Waals surface area contributed by atoms with Crippen LogP contribution in [0, 0.1) is 0 Å². The number of benzene rings is 3. The molecule has 3 aromatic rings. The van der Waals surface area contributed by atoms with Crippen LogP contribution in [0.2, 0.25) is 10.0 Å². The number of amides is 1. The normalized spacial score (nSPS) is 12.2. The van der Waals surface area contributed by atoms with E-state index in [0.29, 0.717) is 23.4 Å². The number of hydrogen-bond donors (Lipinski definition) is 1. The summed E-state index contributed by atoms with van der Waals surface area (Å²) in [5.41, 5.74) is 2.67. The van der Waals surface area contributed by atoms with Crippen molar-refractivity contribution in [3.05, 3.63) is 99.5 Å². The van der Waals surface area contributed by atoms with Gasteiger partial charge in [0.05, 0.1) is 28.5 Å². The van der Waals surface area contributed by atoms with Crippen LogP contribution in [0.15, 0.2) is 72.8 Å². The van der Waals surface area contributed by atoms with Crippen LogP contribution in [0.25, 0.3) is 0 Å². The van der Waals surface area contributed by atoms with Crippen molar-refractivity contribution in [1.82, 2.24) is 5.32 Å². The number of hydrogen-bond acceptors (Lipinski definition) is 3. The average Bonchev–Trinajstić information content (AvgIpc) is 2.78. The Kier molecular flexibility index (Phi) is 7.82. The lowest BCUT2D eigenvalue weighted by Gasteiger charge is -2.24. The Morgan fingerprint density at radius 1 is 0.969 bits per heavy atom. The molecule has 1 N–H and O–H groups in total. The summed E-state index contributed by atoms with van der Waals surface area (Å²) >= 11 is 12.3. The van der Waals surface area contributed by atoms with E-state index in [1.165, 1.54) is 4.31 Å². The quantitative estimate of drug-likeness (QED) is 0.453. The highest BCUT2D eigenvalue weighted by molar-refractivity contribution is 7.92. The molecule has 0 aliphatic carbocycles. The zero-order valence-electron chi connectivity index (χ0n) is 17.8. The molecule has 0 aliphatic heterocycles. The van der Waals surface area contributed by atoms with E-state index in [1.807, 2.05) is 30.3 Å². The molecule has 0 heterocycles. The van der Waals surface area contributed by atoms with E-state index in [9.17, 15) is 13.2 Å². The summed E-state index contributed by atoms with van der Waals surface area (Å²) in [6.07, 6.45) is 1.11. The maximum Gasteiger partial charge on any atom is 0.251 e. The monoisotopic (exact) mass is 490 g/mol. The Bertz CT molecular complexity index is 1180. The second kappa shape index (κ2) is 10.4. The summed E-state index contributed by atoms with van der Waals surface area (Å²) < 4.78 is 26.0. The molecule has 168 valence electrons. The van der Waals surface area contributed by atoms with E-state index in [-0.39, 0.29) is 28.4 Å². The van der Waals surface area contributed by atoms with Gasteiger partial charge in [-0.15, -0.1) is 0 Å². The third kappa shape index (κ3) is 6.03. The molecule has 3 aromatic carbocycles. The standard InChI is InChI=1S/C24H24Cl2N2O3S/c1-17(19-7-4-3-5-8-19)15-27-24(29)20-13-11-18(12-14-20)16-28(32(2,30)31)22-10-6-9-21(25)23(22)26/h3-14,17H,15-16H2,1-2H3,(H,27,29). The van der Waals surface area contributed by atoms with Crippen LogP contribution >= 0.6 is 23.2 Å². The summed E-state index contributed by atoms with van der Waals surface area (Å²) in [7, 11) is -3.62. The maximum absolute atomic E-state index is 12.5. The van der Waals surface area contributed by atoms with E-state index in [4.69, 9.17) is 23.2 Å². The van der Waals surface area contributed by atoms with Crippen molar-refractivity contribution in [3.63, 3.8) is 0 Å². The number of halogens is 2. The smallest absolute Gasteiger partial charge is 0.251 e. The molecular weight excluding hydrogens is 467 g/mol. The number of nitrogens with one attached hydrogen (secondary N) is 1. The third-order valence-corrected chi connectivity index (χ3v) is 7.02. The van der Waals surface area contributed by atoms with Crippen LogP contribution in [0.4, 0.5) is 5.69 Å². The molecule has 3 rings (SSSR count). The highest BCUT2D eigenvalue weighted by Crippen LogP contribution is 2.34. The molecule has 0 saturated carbocycles. The van der Waals surface area contributed by atoms with E-state index in [1.54, 1.807) is 42.5 Å². The summed E-state index contributed by atoms with van der Waals surface area (Å²) in [5.74, 6) is 0.00220. The van der Waals surface area contributed by atoms with Crippen molar-refractivity contribution in [2.75, 3.05) is 17.1 Å². The summed E-state index contributed by atoms with van der Waals surface area (Å²) in [6.45, 7) is 2.63. The first-order chi connectivity index (χ1) is 15.2. The molecule has 5 nitrogen and oxygen atoms in total. The first-order valence-corrected chi connectivity index (χ1v) is 12.6. The van der Waals surface area contributed by atoms with Gasteiger partial charge in [0.25, 0.3) is 5.91 Å². The number of rotatable bonds is 8. The minimum Gasteiger partial charge on any atom is -0.351 e. The molecule has 0 aromatic heterocycles. The van der Waals surface area contributed by atoms with Crippen molar-refractivity contribution < 1.29 is 13.2 Å². The Morgan fingerprint density at radius 3 is 2.25 bits per heavy atom. The lowest BCUT2D eigenvalue weighted by Crippen LogP contribution is -2.30. The van der Waals surface area contributed by atoms with Crippen LogP contribution in [0.3, 0.4) is 0 Å². The Balaban J connectivity index is 1.70. The fourth-order valence-corrected chi connectivity index (χ4v) is 4.58. The third-order valence-electron chi connectivity index (χ3n) is 5.08. The van der Waals surface area contributed by atoms with Gasteiger partial charge in [-0.3, -0.25) is 9.10 Å². The largest absolute Gasteiger partial charge is 0.351 e. The molecule has 32 heavy (non-hydrogen) atoms. The molecule has 0 bridgehead atoms. The van der Waals surface area contributed by atoms with Gasteiger partial charge >= 0.3 is 0 Å². The fraction of sp³-hybridized carbons (Fsp3) is 0.208. The van der Waals surface area contributed by atoms with Crippen molar-refractivity contribution >= 4 is 44.8 Å². The molecule has 0 spiro atoms. The lowest BCUT2D eigenvalue weighted by molar-refractivity contribution is 0.0951. The van der Waals surface area contributed by atoms with Gasteiger partial charge in [0.15, 0.2) is 0 Å². The minimum atomic E-state index is -3.62. The minimum absolute atomic E-state index is 0.0613. The van der Waals surface area contributed by atoms with Crippen molar-refractivity contribution in [2.24, 2.45) is 0 Å². The van der Waals surface area contributed by atoms with Gasteiger partial charge in [0, 0.05) is 12.1 Å². The average molecular weight is 491 g/mol. The Labute approximate surface area is 199 Å². The zero-order valence-corrected chi connectivity index (χ0v) is 20.1. The summed E-state index contributed by atoms with van der Waals surface area (Å²) in [5, 5.41) is 3.39. The molecule has 1 atom stereocenters. The second-order valence-corrected chi connectivity index (χ2v) is 10.3. The molecule has 1 amide bonds. The van der Waals surface area contributed by atoms with Gasteiger partial charge < -0.3 is 5.32 Å². The number of carbonyl (C=O) groups excluding carboxylic acids is 1. The molecule has 0 radical (unpaired) electrons. The van der Waals surface area contributed by atoms with E-state index < -0.39 is 10.0 Å². The highest BCUT2D eigenvalue weighted by Gasteiger charge is 2.21. The van der Waals surface area contributed by atoms with Crippen LogP contribution in [0.1, 0.15) is 34.3 Å². The summed E-state index contributed by atoms with van der Waals surface area (Å²) in [4.78, 5) is 12.5. The van der Waals surface area contributed by atoms with E-state index >= 15 is 0 Å². The predicted octanol–water partition coefficient (Wildman–Crippen LogP) is 5.49. The molecule has 0 fully saturated rings. The molecule has 8 heteroatoms. The first-order valence-electron chi connectivity index (χ1n) is 10.0. The first kappa shape index (κ1) is 24.1. The van der Waals surface area contributed by atoms with Crippen LogP contribution in [-0.4, -0.2) is 27.1 Å². The van der Waals surface area contributed by atoms with Gasteiger partial charge in [-0.25, -0.2) is 8.42 Å². The number of nitrogens with zero attached hydrogens (tertiary/aromatic N) is 1. The molecule has 0 saturated heterocycles. The maximum atomic E-state index is 12.5. The Morgan fingerprint density at radius 2 is 1.62 bits per heavy atom. The van der Waals surface area contributed by atoms with Crippen molar-refractivity contribution in [3.8, 4) is 0 Å². The SMILES string of the molecule is CC(CNC(=O)c1ccc(CN(c2cccc(Cl)c2Cl)S(C)(=O)=O)cc1)c1ccccc1. The van der Waals surface area contributed by atoms with E-state index in [0.717, 1.165) is 11.8 Å². The predicted molar refractivity (Wildman–Crippen MR) is 131 cm³/mol. The summed E-state index contributed by atoms with van der Waals surface area (Å²) in [6, 6.07) is 21.6. The lowest BCUT2D eigenvalue weighted by atomic mass is 10.0. The van der Waals surface area contributed by atoms with Crippen molar-refractivity contribution in [2.45, 2.75) is 19.4 Å². The van der Waals surface area contributed by atoms with Crippen LogP contribution < -0.4 is 9.62 Å². The topological polar surface area (TPSA) is 66.5 Å².